The Labute approximate surface area is 121 Å². The number of rotatable bonds is 3. The van der Waals surface area contributed by atoms with Crippen LogP contribution < -0.4 is 5.73 Å². The van der Waals surface area contributed by atoms with Crippen molar-refractivity contribution in [2.75, 3.05) is 0 Å². The Morgan fingerprint density at radius 2 is 2.05 bits per heavy atom. The van der Waals surface area contributed by atoms with Crippen LogP contribution in [0.25, 0.3) is 5.57 Å². The van der Waals surface area contributed by atoms with E-state index in [-0.39, 0.29) is 23.7 Å². The molecule has 0 aliphatic carbocycles. The van der Waals surface area contributed by atoms with Crippen LogP contribution in [-0.2, 0) is 14.6 Å². The summed E-state index contributed by atoms with van der Waals surface area (Å²) in [5, 5.41) is 10.2. The van der Waals surface area contributed by atoms with Crippen LogP contribution in [0.1, 0.15) is 12.0 Å². The molecule has 1 atom stereocenters. The Bertz CT molecular complexity index is 655. The fourth-order valence-electron chi connectivity index (χ4n) is 1.80. The minimum Gasteiger partial charge on any atom is -0.480 e. The number of hydrogen-bond acceptors (Lipinski definition) is 4. The Morgan fingerprint density at radius 1 is 1.42 bits per heavy atom. The Morgan fingerprint density at radius 3 is 2.63 bits per heavy atom. The van der Waals surface area contributed by atoms with Gasteiger partial charge in [0.25, 0.3) is 0 Å². The van der Waals surface area contributed by atoms with Gasteiger partial charge in [-0.1, -0.05) is 11.6 Å². The highest BCUT2D eigenvalue weighted by atomic mass is 35.5. The number of benzene rings is 1. The van der Waals surface area contributed by atoms with Gasteiger partial charge in [0.2, 0.25) is 9.84 Å². The van der Waals surface area contributed by atoms with Crippen LogP contribution in [-0.4, -0.2) is 25.5 Å². The number of carbonyl (C=O) groups is 1. The van der Waals surface area contributed by atoms with E-state index in [2.05, 4.69) is 0 Å². The van der Waals surface area contributed by atoms with Crippen molar-refractivity contribution in [2.45, 2.75) is 17.4 Å². The maximum Gasteiger partial charge on any atom is 0.320 e. The topological polar surface area (TPSA) is 97.5 Å². The van der Waals surface area contributed by atoms with Gasteiger partial charge in [-0.25, -0.2) is 8.42 Å². The number of nitrogens with two attached hydrogens (primary N) is 1. The van der Waals surface area contributed by atoms with Crippen molar-refractivity contribution in [3.05, 3.63) is 34.2 Å². The SMILES string of the molecule is Cl.NC(CC1=CS(=O)(=O)c2ccc(Cl)cc21)C(=O)O. The van der Waals surface area contributed by atoms with Crippen LogP contribution in [0.3, 0.4) is 0 Å². The molecule has 0 spiro atoms. The molecule has 1 aromatic carbocycles. The van der Waals surface area contributed by atoms with E-state index in [9.17, 15) is 13.2 Å². The molecule has 0 saturated carbocycles. The lowest BCUT2D eigenvalue weighted by atomic mass is 10.0. The molecule has 0 radical (unpaired) electrons. The number of hydrogen-bond donors (Lipinski definition) is 2. The van der Waals surface area contributed by atoms with E-state index in [0.717, 1.165) is 5.41 Å². The summed E-state index contributed by atoms with van der Waals surface area (Å²) in [7, 11) is -3.51. The van der Waals surface area contributed by atoms with E-state index < -0.39 is 21.8 Å². The van der Waals surface area contributed by atoms with Gasteiger partial charge in [0.05, 0.1) is 4.90 Å². The van der Waals surface area contributed by atoms with Gasteiger partial charge in [-0.15, -0.1) is 12.4 Å². The number of sulfone groups is 1. The van der Waals surface area contributed by atoms with Crippen molar-refractivity contribution >= 4 is 45.4 Å². The molecular formula is C11H11Cl2NO4S. The van der Waals surface area contributed by atoms with Gasteiger partial charge in [-0.3, -0.25) is 4.79 Å². The van der Waals surface area contributed by atoms with Crippen molar-refractivity contribution in [2.24, 2.45) is 5.73 Å². The number of halogens is 2. The molecule has 0 saturated heterocycles. The predicted octanol–water partition coefficient (Wildman–Crippen LogP) is 1.69. The van der Waals surface area contributed by atoms with Crippen molar-refractivity contribution in [1.82, 2.24) is 0 Å². The molecule has 0 bridgehead atoms. The lowest BCUT2D eigenvalue weighted by Crippen LogP contribution is -2.30. The molecule has 2 rings (SSSR count). The largest absolute Gasteiger partial charge is 0.480 e. The average Bonchev–Trinajstić information content (AvgIpc) is 2.50. The van der Waals surface area contributed by atoms with Gasteiger partial charge < -0.3 is 10.8 Å². The molecule has 3 N–H and O–H groups in total. The van der Waals surface area contributed by atoms with Gasteiger partial charge in [-0.2, -0.15) is 0 Å². The molecule has 8 heteroatoms. The van der Waals surface area contributed by atoms with Crippen molar-refractivity contribution < 1.29 is 18.3 Å². The summed E-state index contributed by atoms with van der Waals surface area (Å²) in [5.41, 5.74) is 6.22. The van der Waals surface area contributed by atoms with Gasteiger partial charge in [0, 0.05) is 10.4 Å². The fraction of sp³-hybridized carbons (Fsp3) is 0.182. The molecule has 1 unspecified atom stereocenters. The maximum atomic E-state index is 11.8. The highest BCUT2D eigenvalue weighted by Gasteiger charge is 2.29. The average molecular weight is 324 g/mol. The second-order valence-electron chi connectivity index (χ2n) is 3.98. The van der Waals surface area contributed by atoms with Crippen LogP contribution in [0.2, 0.25) is 5.02 Å². The van der Waals surface area contributed by atoms with Crippen LogP contribution in [0.5, 0.6) is 0 Å². The van der Waals surface area contributed by atoms with Crippen LogP contribution in [0.4, 0.5) is 0 Å². The molecule has 0 aromatic heterocycles. The van der Waals surface area contributed by atoms with E-state index in [1.165, 1.54) is 18.2 Å². The summed E-state index contributed by atoms with van der Waals surface area (Å²) in [6, 6.07) is 3.24. The number of carboxylic acid groups (broad SMARTS) is 1. The third-order valence-corrected chi connectivity index (χ3v) is 4.45. The first kappa shape index (κ1) is 16.0. The normalized spacial score (nSPS) is 17.1. The molecule has 1 aliphatic heterocycles. The zero-order valence-electron chi connectivity index (χ0n) is 9.54. The van der Waals surface area contributed by atoms with E-state index in [0.29, 0.717) is 16.2 Å². The minimum absolute atomic E-state index is 0. The van der Waals surface area contributed by atoms with Crippen molar-refractivity contribution in [3.8, 4) is 0 Å². The number of carboxylic acids is 1. The van der Waals surface area contributed by atoms with E-state index in [1.807, 2.05) is 0 Å². The second kappa shape index (κ2) is 5.50. The first-order chi connectivity index (χ1) is 8.31. The first-order valence-electron chi connectivity index (χ1n) is 5.05. The van der Waals surface area contributed by atoms with Crippen molar-refractivity contribution in [3.63, 3.8) is 0 Å². The quantitative estimate of drug-likeness (QED) is 0.882. The number of fused-ring (bicyclic) bond motifs is 1. The Kier molecular flexibility index (Phi) is 4.63. The first-order valence-corrected chi connectivity index (χ1v) is 6.97. The molecule has 104 valence electrons. The van der Waals surface area contributed by atoms with Gasteiger partial charge in [0.1, 0.15) is 6.04 Å². The maximum absolute atomic E-state index is 11.8. The summed E-state index contributed by atoms with van der Waals surface area (Å²) in [6.07, 6.45) is -0.0537. The van der Waals surface area contributed by atoms with Gasteiger partial charge in [-0.05, 0) is 35.8 Å². The minimum atomic E-state index is -3.51. The summed E-state index contributed by atoms with van der Waals surface area (Å²) in [6.45, 7) is 0. The second-order valence-corrected chi connectivity index (χ2v) is 6.18. The Balaban J connectivity index is 0.00000180. The molecule has 1 aliphatic rings. The van der Waals surface area contributed by atoms with Crippen LogP contribution >= 0.6 is 24.0 Å². The zero-order valence-corrected chi connectivity index (χ0v) is 11.9. The Hall–Kier alpha value is -1.08. The third-order valence-electron chi connectivity index (χ3n) is 2.65. The van der Waals surface area contributed by atoms with Crippen LogP contribution in [0.15, 0.2) is 28.5 Å². The molecular weight excluding hydrogens is 313 g/mol. The number of aliphatic carboxylic acids is 1. The lowest BCUT2D eigenvalue weighted by Gasteiger charge is -2.08. The molecule has 0 fully saturated rings. The smallest absolute Gasteiger partial charge is 0.320 e. The monoisotopic (exact) mass is 323 g/mol. The summed E-state index contributed by atoms with van der Waals surface area (Å²) >= 11 is 5.81. The molecule has 1 aromatic rings. The van der Waals surface area contributed by atoms with Gasteiger partial charge >= 0.3 is 5.97 Å². The van der Waals surface area contributed by atoms with E-state index in [4.69, 9.17) is 22.4 Å². The molecule has 19 heavy (non-hydrogen) atoms. The predicted molar refractivity (Wildman–Crippen MR) is 74.1 cm³/mol. The highest BCUT2D eigenvalue weighted by molar-refractivity contribution is 7.95. The van der Waals surface area contributed by atoms with Crippen molar-refractivity contribution in [1.29, 1.82) is 0 Å². The fourth-order valence-corrected chi connectivity index (χ4v) is 3.45. The standard InChI is InChI=1S/C11H10ClNO4S.ClH/c12-7-1-2-10-8(4-7)6(5-18(10,16)17)3-9(13)11(14)15;/h1-2,4-5,9H,3,13H2,(H,14,15);1H. The van der Waals surface area contributed by atoms with E-state index >= 15 is 0 Å². The molecule has 5 nitrogen and oxygen atoms in total. The summed E-state index contributed by atoms with van der Waals surface area (Å²) < 4.78 is 23.6. The van der Waals surface area contributed by atoms with Crippen LogP contribution in [0, 0.1) is 0 Å². The lowest BCUT2D eigenvalue weighted by molar-refractivity contribution is -0.138. The molecule has 1 heterocycles. The molecule has 0 amide bonds. The van der Waals surface area contributed by atoms with E-state index in [1.54, 1.807) is 0 Å². The highest BCUT2D eigenvalue weighted by Crippen LogP contribution is 2.37. The van der Waals surface area contributed by atoms with Gasteiger partial charge in [0.15, 0.2) is 0 Å². The summed E-state index contributed by atoms with van der Waals surface area (Å²) in [4.78, 5) is 10.8. The third kappa shape index (κ3) is 3.09. The zero-order chi connectivity index (χ0) is 13.5. The summed E-state index contributed by atoms with van der Waals surface area (Å²) in [5.74, 6) is -1.18.